The van der Waals surface area contributed by atoms with Gasteiger partial charge in [-0.05, 0) is 51.3 Å². The van der Waals surface area contributed by atoms with Crippen LogP contribution < -0.4 is 5.48 Å². The predicted molar refractivity (Wildman–Crippen MR) is 89.1 cm³/mol. The highest BCUT2D eigenvalue weighted by Gasteiger charge is 2.45. The Hall–Kier alpha value is -1.20. The molecule has 1 aromatic rings. The summed E-state index contributed by atoms with van der Waals surface area (Å²) < 4.78 is 11.9. The van der Waals surface area contributed by atoms with Crippen molar-refractivity contribution in [3.05, 3.63) is 35.4 Å². The summed E-state index contributed by atoms with van der Waals surface area (Å²) in [6, 6.07) is 6.29. The number of amides is 1. The molecule has 1 amide bonds. The zero-order valence-corrected chi connectivity index (χ0v) is 15.2. The third-order valence-electron chi connectivity index (χ3n) is 3.86. The number of rotatable bonds is 6. The average Bonchev–Trinajstić information content (AvgIpc) is 2.45. The molecule has 0 saturated heterocycles. The summed E-state index contributed by atoms with van der Waals surface area (Å²) in [5.41, 5.74) is 2.76. The van der Waals surface area contributed by atoms with Crippen LogP contribution >= 0.6 is 7.60 Å². The van der Waals surface area contributed by atoms with E-state index in [1.165, 1.54) is 0 Å². The summed E-state index contributed by atoms with van der Waals surface area (Å²) in [6.45, 7) is 8.94. The molecule has 0 saturated carbocycles. The van der Waals surface area contributed by atoms with Crippen molar-refractivity contribution in [2.75, 3.05) is 0 Å². The largest absolute Gasteiger partial charge is 0.335 e. The molecule has 0 fully saturated rings. The van der Waals surface area contributed by atoms with Gasteiger partial charge in [-0.15, -0.1) is 0 Å². The maximum Gasteiger partial charge on any atom is 0.335 e. The SMILES string of the molecule is CCC(CC)(c1ccc(C(=O)NOC(C)(C)C)cc1)P(=O)(O)O. The number of carbonyl (C=O) groups is 1. The summed E-state index contributed by atoms with van der Waals surface area (Å²) in [6.07, 6.45) is 0.624. The molecule has 0 unspecified atom stereocenters. The first-order valence-corrected chi connectivity index (χ1v) is 9.22. The molecular weight excluding hydrogens is 317 g/mol. The van der Waals surface area contributed by atoms with E-state index in [9.17, 15) is 19.1 Å². The van der Waals surface area contributed by atoms with Crippen LogP contribution in [0.15, 0.2) is 24.3 Å². The summed E-state index contributed by atoms with van der Waals surface area (Å²) in [4.78, 5) is 36.7. The first-order chi connectivity index (χ1) is 10.5. The van der Waals surface area contributed by atoms with E-state index in [0.717, 1.165) is 0 Å². The van der Waals surface area contributed by atoms with Crippen LogP contribution in [0.5, 0.6) is 0 Å². The van der Waals surface area contributed by atoms with Gasteiger partial charge in [0.2, 0.25) is 0 Å². The number of hydrogen-bond donors (Lipinski definition) is 3. The maximum atomic E-state index is 12.0. The molecule has 0 atom stereocenters. The molecule has 0 spiro atoms. The Morgan fingerprint density at radius 2 is 1.61 bits per heavy atom. The van der Waals surface area contributed by atoms with Crippen molar-refractivity contribution in [1.82, 2.24) is 5.48 Å². The molecule has 6 nitrogen and oxygen atoms in total. The fourth-order valence-electron chi connectivity index (χ4n) is 2.43. The van der Waals surface area contributed by atoms with Crippen molar-refractivity contribution in [3.63, 3.8) is 0 Å². The second-order valence-electron chi connectivity index (χ2n) is 6.51. The van der Waals surface area contributed by atoms with Gasteiger partial charge in [-0.3, -0.25) is 14.2 Å². The standard InChI is InChI=1S/C16H26NO5P/c1-6-16(7-2,23(19,20)21)13-10-8-12(9-11-13)14(18)17-22-15(3,4)5/h8-11H,6-7H2,1-5H3,(H,17,18)(H2,19,20,21). The van der Waals surface area contributed by atoms with Crippen LogP contribution in [0.1, 0.15) is 63.4 Å². The van der Waals surface area contributed by atoms with Crippen LogP contribution in [-0.4, -0.2) is 21.3 Å². The molecule has 3 N–H and O–H groups in total. The topological polar surface area (TPSA) is 95.9 Å². The summed E-state index contributed by atoms with van der Waals surface area (Å²) in [7, 11) is -4.33. The highest BCUT2D eigenvalue weighted by Crippen LogP contribution is 2.60. The van der Waals surface area contributed by atoms with Crippen molar-refractivity contribution in [1.29, 1.82) is 0 Å². The van der Waals surface area contributed by atoms with Crippen LogP contribution in [0.3, 0.4) is 0 Å². The fourth-order valence-corrected chi connectivity index (χ4v) is 3.74. The lowest BCUT2D eigenvalue weighted by Gasteiger charge is -2.33. The number of hydrogen-bond acceptors (Lipinski definition) is 3. The van der Waals surface area contributed by atoms with E-state index in [1.54, 1.807) is 38.1 Å². The van der Waals surface area contributed by atoms with Gasteiger partial charge < -0.3 is 9.79 Å². The molecule has 0 aliphatic rings. The van der Waals surface area contributed by atoms with Gasteiger partial charge >= 0.3 is 7.60 Å². The minimum absolute atomic E-state index is 0.312. The normalized spacial score (nSPS) is 13.0. The Labute approximate surface area is 137 Å². The zero-order valence-electron chi connectivity index (χ0n) is 14.3. The second-order valence-corrected chi connectivity index (χ2v) is 8.45. The molecule has 7 heteroatoms. The van der Waals surface area contributed by atoms with Crippen molar-refractivity contribution < 1.29 is 24.0 Å². The smallest absolute Gasteiger partial charge is 0.324 e. The van der Waals surface area contributed by atoms with Gasteiger partial charge in [0.25, 0.3) is 5.91 Å². The lowest BCUT2D eigenvalue weighted by atomic mass is 9.92. The molecule has 0 aliphatic carbocycles. The van der Waals surface area contributed by atoms with Crippen LogP contribution in [0.25, 0.3) is 0 Å². The lowest BCUT2D eigenvalue weighted by Crippen LogP contribution is -2.33. The monoisotopic (exact) mass is 343 g/mol. The van der Waals surface area contributed by atoms with Crippen LogP contribution in [0.2, 0.25) is 0 Å². The zero-order chi connectivity index (χ0) is 17.9. The Balaban J connectivity index is 3.04. The molecule has 130 valence electrons. The molecule has 0 aromatic heterocycles. The molecule has 0 radical (unpaired) electrons. The Morgan fingerprint density at radius 3 is 1.96 bits per heavy atom. The van der Waals surface area contributed by atoms with Crippen molar-refractivity contribution in [2.24, 2.45) is 0 Å². The van der Waals surface area contributed by atoms with E-state index >= 15 is 0 Å². The van der Waals surface area contributed by atoms with E-state index in [2.05, 4.69) is 5.48 Å². The van der Waals surface area contributed by atoms with Crippen LogP contribution in [-0.2, 0) is 14.6 Å². The number of benzene rings is 1. The quantitative estimate of drug-likeness (QED) is 0.544. The van der Waals surface area contributed by atoms with Gasteiger partial charge in [0.15, 0.2) is 0 Å². The van der Waals surface area contributed by atoms with Crippen LogP contribution in [0, 0.1) is 0 Å². The van der Waals surface area contributed by atoms with E-state index < -0.39 is 24.3 Å². The van der Waals surface area contributed by atoms with E-state index in [-0.39, 0.29) is 0 Å². The second kappa shape index (κ2) is 7.14. The number of carbonyl (C=O) groups excluding carboxylic acids is 1. The average molecular weight is 343 g/mol. The first kappa shape index (κ1) is 19.8. The highest BCUT2D eigenvalue weighted by molar-refractivity contribution is 7.53. The van der Waals surface area contributed by atoms with Gasteiger partial charge in [0.05, 0.1) is 10.8 Å². The van der Waals surface area contributed by atoms with Gasteiger partial charge in [0.1, 0.15) is 0 Å². The Bertz CT molecular complexity index is 581. The minimum atomic E-state index is -4.33. The van der Waals surface area contributed by atoms with Gasteiger partial charge in [-0.1, -0.05) is 26.0 Å². The van der Waals surface area contributed by atoms with E-state index in [1.807, 2.05) is 20.8 Å². The summed E-state index contributed by atoms with van der Waals surface area (Å²) in [5, 5.41) is -1.22. The Kier molecular flexibility index (Phi) is 6.16. The van der Waals surface area contributed by atoms with E-state index in [4.69, 9.17) is 4.84 Å². The third kappa shape index (κ3) is 4.64. The van der Waals surface area contributed by atoms with E-state index in [0.29, 0.717) is 24.0 Å². The van der Waals surface area contributed by atoms with Gasteiger partial charge in [0, 0.05) is 5.56 Å². The summed E-state index contributed by atoms with van der Waals surface area (Å²) in [5.74, 6) is -0.402. The molecule has 1 aromatic carbocycles. The van der Waals surface area contributed by atoms with Crippen molar-refractivity contribution >= 4 is 13.5 Å². The third-order valence-corrected chi connectivity index (χ3v) is 5.87. The summed E-state index contributed by atoms with van der Waals surface area (Å²) >= 11 is 0. The molecule has 1 rings (SSSR count). The first-order valence-electron chi connectivity index (χ1n) is 7.61. The molecule has 0 heterocycles. The molecular formula is C16H26NO5P. The molecule has 0 aliphatic heterocycles. The maximum absolute atomic E-state index is 12.0. The number of hydroxylamine groups is 1. The highest BCUT2D eigenvalue weighted by atomic mass is 31.2. The van der Waals surface area contributed by atoms with Gasteiger partial charge in [-0.25, -0.2) is 5.48 Å². The fraction of sp³-hybridized carbons (Fsp3) is 0.562. The minimum Gasteiger partial charge on any atom is -0.324 e. The lowest BCUT2D eigenvalue weighted by molar-refractivity contribution is -0.0589. The van der Waals surface area contributed by atoms with Gasteiger partial charge in [-0.2, -0.15) is 0 Å². The van der Waals surface area contributed by atoms with Crippen molar-refractivity contribution in [3.8, 4) is 0 Å². The van der Waals surface area contributed by atoms with Crippen LogP contribution in [0.4, 0.5) is 0 Å². The number of nitrogens with one attached hydrogen (secondary N) is 1. The Morgan fingerprint density at radius 1 is 1.13 bits per heavy atom. The molecule has 23 heavy (non-hydrogen) atoms. The van der Waals surface area contributed by atoms with Crippen molar-refractivity contribution in [2.45, 2.75) is 58.2 Å². The predicted octanol–water partition coefficient (Wildman–Crippen LogP) is 3.34. The molecule has 0 bridgehead atoms.